The van der Waals surface area contributed by atoms with Crippen LogP contribution in [0.1, 0.15) is 363 Å². The number of hydrogen-bond acceptors (Lipinski definition) is 15. The standard InChI is InChI=1S/C72H140O17P2/c1-8-11-12-13-14-15-26-31-39-46-53-69(74)83-60-68(89-72(77)56-49-42-35-34-38-45-52-65(7)10-3)62-87-91(80,81)85-58-66(73)57-84-90(78,79)86-61-67(59-82-70(75)54-47-40-32-27-23-22-24-29-36-43-50-63(4)5)88-71(76)55-48-41-33-28-21-19-17-16-18-20-25-30-37-44-51-64(6)9-2/h63-68,73H,8-62H2,1-7H3,(H,78,79)(H,80,81)/t64?,65?,66-,67-,68-/m1/s1. The largest absolute Gasteiger partial charge is 0.472 e. The van der Waals surface area contributed by atoms with Crippen LogP contribution in [-0.2, 0) is 65.4 Å². The molecule has 4 unspecified atom stereocenters. The molecule has 0 aliphatic heterocycles. The minimum Gasteiger partial charge on any atom is -0.462 e. The van der Waals surface area contributed by atoms with Crippen molar-refractivity contribution < 1.29 is 80.2 Å². The summed E-state index contributed by atoms with van der Waals surface area (Å²) in [7, 11) is -9.90. The third kappa shape index (κ3) is 63.9. The number of carbonyl (C=O) groups is 4. The van der Waals surface area contributed by atoms with Crippen LogP contribution in [0.5, 0.6) is 0 Å². The van der Waals surface area contributed by atoms with Crippen molar-refractivity contribution in [2.24, 2.45) is 17.8 Å². The van der Waals surface area contributed by atoms with E-state index >= 15 is 0 Å². The van der Waals surface area contributed by atoms with E-state index in [1.807, 2.05) is 0 Å². The van der Waals surface area contributed by atoms with E-state index in [4.69, 9.17) is 37.0 Å². The van der Waals surface area contributed by atoms with E-state index in [0.717, 1.165) is 108 Å². The van der Waals surface area contributed by atoms with Crippen LogP contribution in [0.2, 0.25) is 0 Å². The number of rotatable bonds is 70. The summed E-state index contributed by atoms with van der Waals surface area (Å²) >= 11 is 0. The number of phosphoric acid groups is 2. The molecule has 0 aromatic rings. The van der Waals surface area contributed by atoms with Gasteiger partial charge in [0.05, 0.1) is 26.4 Å². The van der Waals surface area contributed by atoms with Crippen LogP contribution in [0.3, 0.4) is 0 Å². The number of phosphoric ester groups is 2. The third-order valence-electron chi connectivity index (χ3n) is 17.4. The lowest BCUT2D eigenvalue weighted by Gasteiger charge is -2.21. The predicted molar refractivity (Wildman–Crippen MR) is 368 cm³/mol. The minimum atomic E-state index is -4.95. The molecule has 540 valence electrons. The van der Waals surface area contributed by atoms with Gasteiger partial charge in [0.2, 0.25) is 0 Å². The van der Waals surface area contributed by atoms with E-state index in [1.54, 1.807) is 0 Å². The Hall–Kier alpha value is -1.94. The number of aliphatic hydroxyl groups is 1. The molecule has 91 heavy (non-hydrogen) atoms. The molecule has 0 spiro atoms. The van der Waals surface area contributed by atoms with Crippen molar-refractivity contribution in [1.29, 1.82) is 0 Å². The maximum Gasteiger partial charge on any atom is 0.472 e. The summed E-state index contributed by atoms with van der Waals surface area (Å²) in [5.41, 5.74) is 0. The van der Waals surface area contributed by atoms with Gasteiger partial charge in [-0.25, -0.2) is 9.13 Å². The maximum atomic E-state index is 13.0. The molecular formula is C72H140O17P2. The Labute approximate surface area is 556 Å². The predicted octanol–water partition coefficient (Wildman–Crippen LogP) is 20.6. The van der Waals surface area contributed by atoms with Crippen LogP contribution < -0.4 is 0 Å². The van der Waals surface area contributed by atoms with Gasteiger partial charge in [-0.1, -0.05) is 312 Å². The first-order chi connectivity index (χ1) is 43.8. The van der Waals surface area contributed by atoms with E-state index in [-0.39, 0.29) is 25.7 Å². The molecule has 0 aromatic carbocycles. The zero-order valence-electron chi connectivity index (χ0n) is 59.3. The number of esters is 4. The normalized spacial score (nSPS) is 14.8. The summed E-state index contributed by atoms with van der Waals surface area (Å²) in [4.78, 5) is 72.6. The van der Waals surface area contributed by atoms with E-state index in [1.165, 1.54) is 173 Å². The SMILES string of the molecule is CCCCCCCCCCCCC(=O)OC[C@H](COP(=O)(O)OC[C@H](O)COP(=O)(O)OC[C@@H](COC(=O)CCCCCCCCCCCCC(C)C)OC(=O)CCCCCCCCCCCCCCCCC(C)CC)OC(=O)CCCCCCCCC(C)CC. The molecule has 0 fully saturated rings. The van der Waals surface area contributed by atoms with E-state index in [2.05, 4.69) is 48.5 Å². The Balaban J connectivity index is 5.23. The van der Waals surface area contributed by atoms with Gasteiger partial charge < -0.3 is 33.8 Å². The lowest BCUT2D eigenvalue weighted by molar-refractivity contribution is -0.161. The summed E-state index contributed by atoms with van der Waals surface area (Å²) in [6.07, 6.45) is 47.1. The lowest BCUT2D eigenvalue weighted by atomic mass is 9.99. The molecule has 3 N–H and O–H groups in total. The van der Waals surface area contributed by atoms with Crippen LogP contribution in [-0.4, -0.2) is 96.7 Å². The van der Waals surface area contributed by atoms with Gasteiger partial charge in [-0.15, -0.1) is 0 Å². The molecule has 0 aliphatic rings. The fourth-order valence-electron chi connectivity index (χ4n) is 10.8. The molecule has 0 aromatic heterocycles. The smallest absolute Gasteiger partial charge is 0.462 e. The highest BCUT2D eigenvalue weighted by Gasteiger charge is 2.30. The second kappa shape index (κ2) is 62.8. The maximum absolute atomic E-state index is 13.0. The van der Waals surface area contributed by atoms with Crippen molar-refractivity contribution in [3.05, 3.63) is 0 Å². The Kier molecular flexibility index (Phi) is 61.5. The highest BCUT2D eigenvalue weighted by Crippen LogP contribution is 2.45. The van der Waals surface area contributed by atoms with Crippen LogP contribution in [0, 0.1) is 17.8 Å². The second-order valence-corrected chi connectivity index (χ2v) is 29.8. The fraction of sp³-hybridized carbons (Fsp3) is 0.944. The summed E-state index contributed by atoms with van der Waals surface area (Å²) in [5, 5.41) is 10.6. The Morgan fingerprint density at radius 1 is 0.319 bits per heavy atom. The van der Waals surface area contributed by atoms with Gasteiger partial charge in [-0.2, -0.15) is 0 Å². The Morgan fingerprint density at radius 2 is 0.560 bits per heavy atom. The lowest BCUT2D eigenvalue weighted by Crippen LogP contribution is -2.30. The van der Waals surface area contributed by atoms with Crippen molar-refractivity contribution in [1.82, 2.24) is 0 Å². The number of ether oxygens (including phenoxy) is 4. The molecule has 0 saturated carbocycles. The zero-order valence-corrected chi connectivity index (χ0v) is 61.1. The minimum absolute atomic E-state index is 0.103. The summed E-state index contributed by atoms with van der Waals surface area (Å²) < 4.78 is 68.3. The third-order valence-corrected chi connectivity index (χ3v) is 19.3. The monoisotopic (exact) mass is 1340 g/mol. The molecule has 0 saturated heterocycles. The van der Waals surface area contributed by atoms with Crippen LogP contribution in [0.15, 0.2) is 0 Å². The van der Waals surface area contributed by atoms with E-state index in [9.17, 15) is 43.2 Å². The first-order valence-corrected chi connectivity index (χ1v) is 40.4. The Bertz CT molecular complexity index is 1790. The van der Waals surface area contributed by atoms with Crippen LogP contribution in [0.4, 0.5) is 0 Å². The van der Waals surface area contributed by atoms with Gasteiger partial charge >= 0.3 is 39.5 Å². The molecule has 0 amide bonds. The van der Waals surface area contributed by atoms with Gasteiger partial charge in [-0.05, 0) is 43.4 Å². The molecule has 7 atom stereocenters. The van der Waals surface area contributed by atoms with Gasteiger partial charge in [0.25, 0.3) is 0 Å². The number of carbonyl (C=O) groups excluding carboxylic acids is 4. The quantitative estimate of drug-likeness (QED) is 0.0222. The topological polar surface area (TPSA) is 237 Å². The number of aliphatic hydroxyl groups excluding tert-OH is 1. The van der Waals surface area contributed by atoms with Crippen LogP contribution >= 0.6 is 15.6 Å². The van der Waals surface area contributed by atoms with Crippen molar-refractivity contribution in [2.75, 3.05) is 39.6 Å². The molecular weight excluding hydrogens is 1200 g/mol. The Morgan fingerprint density at radius 3 is 0.835 bits per heavy atom. The van der Waals surface area contributed by atoms with Crippen molar-refractivity contribution in [3.8, 4) is 0 Å². The van der Waals surface area contributed by atoms with Gasteiger partial charge in [0.15, 0.2) is 12.2 Å². The number of unbranched alkanes of at least 4 members (excludes halogenated alkanes) is 36. The molecule has 0 aliphatic carbocycles. The average Bonchev–Trinajstić information content (AvgIpc) is 2.87. The fourth-order valence-corrected chi connectivity index (χ4v) is 12.4. The molecule has 0 rings (SSSR count). The van der Waals surface area contributed by atoms with E-state index in [0.29, 0.717) is 25.7 Å². The molecule has 0 heterocycles. The molecule has 17 nitrogen and oxygen atoms in total. The van der Waals surface area contributed by atoms with Gasteiger partial charge in [0.1, 0.15) is 19.3 Å². The highest BCUT2D eigenvalue weighted by molar-refractivity contribution is 7.47. The van der Waals surface area contributed by atoms with Crippen molar-refractivity contribution >= 4 is 39.5 Å². The summed E-state index contributed by atoms with van der Waals surface area (Å²) in [6.45, 7) is 11.9. The molecule has 0 bridgehead atoms. The van der Waals surface area contributed by atoms with Crippen LogP contribution in [0.25, 0.3) is 0 Å². The average molecular weight is 1340 g/mol. The van der Waals surface area contributed by atoms with Crippen molar-refractivity contribution in [3.63, 3.8) is 0 Å². The van der Waals surface area contributed by atoms with E-state index < -0.39 is 97.5 Å². The zero-order chi connectivity index (χ0) is 67.3. The molecule has 0 radical (unpaired) electrons. The summed E-state index contributed by atoms with van der Waals surface area (Å²) in [6, 6.07) is 0. The first kappa shape index (κ1) is 89.1. The first-order valence-electron chi connectivity index (χ1n) is 37.4. The van der Waals surface area contributed by atoms with Crippen molar-refractivity contribution in [2.45, 2.75) is 381 Å². The van der Waals surface area contributed by atoms with Gasteiger partial charge in [-0.3, -0.25) is 37.3 Å². The second-order valence-electron chi connectivity index (χ2n) is 26.9. The summed E-state index contributed by atoms with van der Waals surface area (Å²) in [5.74, 6) is 0.199. The molecule has 19 heteroatoms. The highest BCUT2D eigenvalue weighted by atomic mass is 31.2. The number of hydrogen-bond donors (Lipinski definition) is 3. The van der Waals surface area contributed by atoms with Gasteiger partial charge in [0, 0.05) is 25.7 Å².